The Morgan fingerprint density at radius 1 is 1.19 bits per heavy atom. The van der Waals surface area contributed by atoms with Crippen molar-refractivity contribution < 1.29 is 14.1 Å². The lowest BCUT2D eigenvalue weighted by Gasteiger charge is -2.08. The van der Waals surface area contributed by atoms with Crippen molar-refractivity contribution in [1.29, 1.82) is 0 Å². The summed E-state index contributed by atoms with van der Waals surface area (Å²) in [5, 5.41) is 13.1. The molecule has 108 valence electrons. The molecule has 0 aromatic heterocycles. The van der Waals surface area contributed by atoms with Crippen LogP contribution in [0.1, 0.15) is 10.4 Å². The molecule has 0 atom stereocenters. The molecule has 0 fully saturated rings. The quantitative estimate of drug-likeness (QED) is 0.674. The zero-order valence-electron chi connectivity index (χ0n) is 10.3. The van der Waals surface area contributed by atoms with Crippen molar-refractivity contribution >= 4 is 40.5 Å². The molecule has 0 aliphatic rings. The highest BCUT2D eigenvalue weighted by Crippen LogP contribution is 2.27. The minimum Gasteiger partial charge on any atom is -0.321 e. The Hall–Kier alpha value is -2.18. The molecule has 0 heterocycles. The third kappa shape index (κ3) is 3.48. The van der Waals surface area contributed by atoms with Crippen molar-refractivity contribution in [3.63, 3.8) is 0 Å². The summed E-state index contributed by atoms with van der Waals surface area (Å²) in [6.45, 7) is 0. The van der Waals surface area contributed by atoms with E-state index >= 15 is 0 Å². The van der Waals surface area contributed by atoms with Crippen molar-refractivity contribution in [3.8, 4) is 0 Å². The van der Waals surface area contributed by atoms with E-state index in [1.54, 1.807) is 0 Å². The summed E-state index contributed by atoms with van der Waals surface area (Å²) in [5.41, 5.74) is -0.338. The summed E-state index contributed by atoms with van der Waals surface area (Å²) in [5.74, 6) is -1.50. The molecule has 5 nitrogen and oxygen atoms in total. The number of anilines is 1. The van der Waals surface area contributed by atoms with Gasteiger partial charge in [-0.2, -0.15) is 0 Å². The molecule has 8 heteroatoms. The number of hydrogen-bond donors (Lipinski definition) is 1. The monoisotopic (exact) mass is 328 g/mol. The Bertz CT molecular complexity index is 737. The van der Waals surface area contributed by atoms with Gasteiger partial charge in [-0.15, -0.1) is 0 Å². The molecule has 0 aliphatic heterocycles. The molecule has 21 heavy (non-hydrogen) atoms. The number of nitro groups is 1. The number of hydrogen-bond acceptors (Lipinski definition) is 3. The normalized spacial score (nSPS) is 10.2. The fourth-order valence-electron chi connectivity index (χ4n) is 1.58. The molecule has 2 aromatic carbocycles. The molecule has 0 bridgehead atoms. The fraction of sp³-hybridized carbons (Fsp3) is 0. The van der Waals surface area contributed by atoms with Crippen LogP contribution in [0, 0.1) is 15.9 Å². The molecule has 0 saturated heterocycles. The number of carbonyl (C=O) groups excluding carboxylic acids is 1. The second-order valence-corrected chi connectivity index (χ2v) is 4.84. The SMILES string of the molecule is O=C(Nc1ccc([N+](=O)[O-])cc1Cl)c1cc(Cl)ccc1F. The van der Waals surface area contributed by atoms with Crippen LogP contribution in [0.4, 0.5) is 15.8 Å². The molecule has 1 N–H and O–H groups in total. The van der Waals surface area contributed by atoms with Crippen LogP contribution in [0.3, 0.4) is 0 Å². The zero-order chi connectivity index (χ0) is 15.6. The molecule has 0 spiro atoms. The van der Waals surface area contributed by atoms with Crippen LogP contribution in [0.15, 0.2) is 36.4 Å². The van der Waals surface area contributed by atoms with E-state index in [2.05, 4.69) is 5.32 Å². The Kier molecular flexibility index (Phi) is 4.40. The molecule has 1 amide bonds. The highest BCUT2D eigenvalue weighted by molar-refractivity contribution is 6.34. The standard InChI is InChI=1S/C13H7Cl2FN2O3/c14-7-1-3-11(16)9(5-7)13(19)17-12-4-2-8(18(20)21)6-10(12)15/h1-6H,(H,17,19). The summed E-state index contributed by atoms with van der Waals surface area (Å²) in [6.07, 6.45) is 0. The first-order chi connectivity index (χ1) is 9.88. The third-order valence-corrected chi connectivity index (χ3v) is 3.13. The predicted octanol–water partition coefficient (Wildman–Crippen LogP) is 4.29. The lowest BCUT2D eigenvalue weighted by molar-refractivity contribution is -0.384. The molecular formula is C13H7Cl2FN2O3. The number of halogens is 3. The number of nitrogens with zero attached hydrogens (tertiary/aromatic N) is 1. The van der Waals surface area contributed by atoms with E-state index in [1.807, 2.05) is 0 Å². The Morgan fingerprint density at radius 3 is 2.52 bits per heavy atom. The Labute approximate surface area is 128 Å². The van der Waals surface area contributed by atoms with Crippen LogP contribution in [0.2, 0.25) is 10.0 Å². The number of nitro benzene ring substituents is 1. The number of benzene rings is 2. The van der Waals surface area contributed by atoms with Gasteiger partial charge in [-0.1, -0.05) is 23.2 Å². The summed E-state index contributed by atoms with van der Waals surface area (Å²) >= 11 is 11.5. The van der Waals surface area contributed by atoms with Gasteiger partial charge in [0.1, 0.15) is 5.82 Å². The van der Waals surface area contributed by atoms with Crippen molar-refractivity contribution in [2.75, 3.05) is 5.32 Å². The maximum absolute atomic E-state index is 13.6. The van der Waals surface area contributed by atoms with Crippen molar-refractivity contribution in [1.82, 2.24) is 0 Å². The minimum absolute atomic E-state index is 0.0278. The van der Waals surface area contributed by atoms with Gasteiger partial charge in [0.05, 0.1) is 21.2 Å². The van der Waals surface area contributed by atoms with Crippen LogP contribution < -0.4 is 5.32 Å². The largest absolute Gasteiger partial charge is 0.321 e. The van der Waals surface area contributed by atoms with E-state index in [9.17, 15) is 19.3 Å². The lowest BCUT2D eigenvalue weighted by atomic mass is 10.2. The van der Waals surface area contributed by atoms with E-state index in [0.29, 0.717) is 0 Å². The number of amides is 1. The van der Waals surface area contributed by atoms with Gasteiger partial charge < -0.3 is 5.32 Å². The number of nitrogens with one attached hydrogen (secondary N) is 1. The predicted molar refractivity (Wildman–Crippen MR) is 77.5 cm³/mol. The molecule has 0 unspecified atom stereocenters. The summed E-state index contributed by atoms with van der Waals surface area (Å²) in [6, 6.07) is 7.08. The first kappa shape index (κ1) is 15.2. The first-order valence-corrected chi connectivity index (χ1v) is 6.34. The van der Waals surface area contributed by atoms with Crippen LogP contribution >= 0.6 is 23.2 Å². The van der Waals surface area contributed by atoms with E-state index in [4.69, 9.17) is 23.2 Å². The Morgan fingerprint density at radius 2 is 1.90 bits per heavy atom. The van der Waals surface area contributed by atoms with Crippen LogP contribution in [-0.4, -0.2) is 10.8 Å². The maximum atomic E-state index is 13.6. The van der Waals surface area contributed by atoms with E-state index < -0.39 is 16.6 Å². The highest BCUT2D eigenvalue weighted by atomic mass is 35.5. The third-order valence-electron chi connectivity index (χ3n) is 2.58. The second kappa shape index (κ2) is 6.07. The average Bonchev–Trinajstić information content (AvgIpc) is 2.43. The van der Waals surface area contributed by atoms with Crippen LogP contribution in [-0.2, 0) is 0 Å². The highest BCUT2D eigenvalue weighted by Gasteiger charge is 2.15. The van der Waals surface area contributed by atoms with Crippen molar-refractivity contribution in [2.24, 2.45) is 0 Å². The van der Waals surface area contributed by atoms with Gasteiger partial charge in [-0.25, -0.2) is 4.39 Å². The van der Waals surface area contributed by atoms with Crippen molar-refractivity contribution in [3.05, 3.63) is 67.9 Å². The molecule has 2 aromatic rings. The topological polar surface area (TPSA) is 72.2 Å². The average molecular weight is 329 g/mol. The number of rotatable bonds is 3. The molecular weight excluding hydrogens is 322 g/mol. The van der Waals surface area contributed by atoms with Gasteiger partial charge in [0.2, 0.25) is 0 Å². The van der Waals surface area contributed by atoms with Gasteiger partial charge in [0, 0.05) is 17.2 Å². The minimum atomic E-state index is -0.759. The smallest absolute Gasteiger partial charge is 0.271 e. The van der Waals surface area contributed by atoms with Gasteiger partial charge in [0.25, 0.3) is 11.6 Å². The Balaban J connectivity index is 2.27. The number of carbonyl (C=O) groups is 1. The fourth-order valence-corrected chi connectivity index (χ4v) is 1.97. The summed E-state index contributed by atoms with van der Waals surface area (Å²) < 4.78 is 13.6. The van der Waals surface area contributed by atoms with Gasteiger partial charge in [-0.05, 0) is 24.3 Å². The van der Waals surface area contributed by atoms with Gasteiger partial charge in [-0.3, -0.25) is 14.9 Å². The zero-order valence-corrected chi connectivity index (χ0v) is 11.8. The lowest BCUT2D eigenvalue weighted by Crippen LogP contribution is -2.14. The van der Waals surface area contributed by atoms with E-state index in [1.165, 1.54) is 24.3 Å². The van der Waals surface area contributed by atoms with E-state index in [-0.39, 0.29) is 27.0 Å². The second-order valence-electron chi connectivity index (χ2n) is 4.00. The van der Waals surface area contributed by atoms with E-state index in [0.717, 1.165) is 12.1 Å². The first-order valence-electron chi connectivity index (χ1n) is 5.59. The molecule has 0 saturated carbocycles. The van der Waals surface area contributed by atoms with Crippen LogP contribution in [0.5, 0.6) is 0 Å². The molecule has 0 radical (unpaired) electrons. The van der Waals surface area contributed by atoms with Gasteiger partial charge in [0.15, 0.2) is 0 Å². The summed E-state index contributed by atoms with van der Waals surface area (Å²) in [7, 11) is 0. The van der Waals surface area contributed by atoms with Crippen LogP contribution in [0.25, 0.3) is 0 Å². The number of non-ortho nitro benzene ring substituents is 1. The van der Waals surface area contributed by atoms with Gasteiger partial charge >= 0.3 is 0 Å². The molecule has 2 rings (SSSR count). The summed E-state index contributed by atoms with van der Waals surface area (Å²) in [4.78, 5) is 21.9. The molecule has 0 aliphatic carbocycles. The maximum Gasteiger partial charge on any atom is 0.271 e. The van der Waals surface area contributed by atoms with Crippen molar-refractivity contribution in [2.45, 2.75) is 0 Å².